The van der Waals surface area contributed by atoms with Gasteiger partial charge in [-0.05, 0) is 42.3 Å². The first-order chi connectivity index (χ1) is 9.87. The highest BCUT2D eigenvalue weighted by Gasteiger charge is 2.26. The van der Waals surface area contributed by atoms with Crippen LogP contribution in [0.1, 0.15) is 46.1 Å². The molecule has 1 aromatic rings. The normalized spacial score (nSPS) is 18.3. The van der Waals surface area contributed by atoms with Gasteiger partial charge in [0, 0.05) is 25.8 Å². The van der Waals surface area contributed by atoms with E-state index in [1.54, 1.807) is 0 Å². The zero-order valence-corrected chi connectivity index (χ0v) is 14.5. The molecule has 1 aromatic heterocycles. The molecule has 1 aliphatic heterocycles. The quantitative estimate of drug-likeness (QED) is 0.887. The molecule has 1 fully saturated rings. The summed E-state index contributed by atoms with van der Waals surface area (Å²) in [5.74, 6) is 1.60. The SMILES string of the molecule is CC(C)CNCc1cnc(N2CCC(C)(C)CC2)c(Cl)c1. The maximum atomic E-state index is 6.44. The van der Waals surface area contributed by atoms with Crippen LogP contribution >= 0.6 is 11.6 Å². The lowest BCUT2D eigenvalue weighted by atomic mass is 9.83. The molecule has 1 aliphatic rings. The van der Waals surface area contributed by atoms with Crippen LogP contribution in [0.4, 0.5) is 5.82 Å². The van der Waals surface area contributed by atoms with Crippen molar-refractivity contribution in [1.82, 2.24) is 10.3 Å². The topological polar surface area (TPSA) is 28.2 Å². The van der Waals surface area contributed by atoms with Crippen LogP contribution in [-0.4, -0.2) is 24.6 Å². The predicted molar refractivity (Wildman–Crippen MR) is 91.0 cm³/mol. The van der Waals surface area contributed by atoms with E-state index in [1.165, 1.54) is 12.8 Å². The number of rotatable bonds is 5. The summed E-state index contributed by atoms with van der Waals surface area (Å²) in [6.45, 7) is 13.0. The Bertz CT molecular complexity index is 461. The van der Waals surface area contributed by atoms with Crippen molar-refractivity contribution < 1.29 is 0 Å². The highest BCUT2D eigenvalue weighted by Crippen LogP contribution is 2.34. The first-order valence-corrected chi connectivity index (χ1v) is 8.35. The lowest BCUT2D eigenvalue weighted by Gasteiger charge is -2.37. The second-order valence-corrected chi connectivity index (χ2v) is 7.73. The third-order valence-electron chi connectivity index (χ3n) is 4.18. The van der Waals surface area contributed by atoms with Crippen LogP contribution in [0.5, 0.6) is 0 Å². The zero-order chi connectivity index (χ0) is 15.5. The largest absolute Gasteiger partial charge is 0.355 e. The third kappa shape index (κ3) is 4.86. The number of hydrogen-bond acceptors (Lipinski definition) is 3. The Morgan fingerprint density at radius 1 is 1.33 bits per heavy atom. The summed E-state index contributed by atoms with van der Waals surface area (Å²) in [7, 11) is 0. The minimum Gasteiger partial charge on any atom is -0.355 e. The van der Waals surface area contributed by atoms with Gasteiger partial charge in [0.25, 0.3) is 0 Å². The molecule has 0 amide bonds. The monoisotopic (exact) mass is 309 g/mol. The first kappa shape index (κ1) is 16.6. The Morgan fingerprint density at radius 2 is 2.00 bits per heavy atom. The fraction of sp³-hybridized carbons (Fsp3) is 0.706. The van der Waals surface area contributed by atoms with Crippen molar-refractivity contribution in [3.63, 3.8) is 0 Å². The minimum atomic E-state index is 0.448. The summed E-state index contributed by atoms with van der Waals surface area (Å²) in [5.41, 5.74) is 1.60. The molecule has 1 N–H and O–H groups in total. The minimum absolute atomic E-state index is 0.448. The van der Waals surface area contributed by atoms with Crippen LogP contribution in [0.25, 0.3) is 0 Å². The van der Waals surface area contributed by atoms with E-state index in [9.17, 15) is 0 Å². The molecular formula is C17H28ClN3. The van der Waals surface area contributed by atoms with Gasteiger partial charge in [0.1, 0.15) is 5.82 Å². The van der Waals surface area contributed by atoms with Crippen LogP contribution in [-0.2, 0) is 6.54 Å². The maximum absolute atomic E-state index is 6.44. The second kappa shape index (κ2) is 6.97. The molecule has 0 spiro atoms. The number of piperidine rings is 1. The van der Waals surface area contributed by atoms with Crippen LogP contribution in [0, 0.1) is 11.3 Å². The van der Waals surface area contributed by atoms with Crippen molar-refractivity contribution in [1.29, 1.82) is 0 Å². The van der Waals surface area contributed by atoms with Gasteiger partial charge in [0.05, 0.1) is 5.02 Å². The van der Waals surface area contributed by atoms with E-state index in [0.717, 1.165) is 42.6 Å². The molecule has 3 nitrogen and oxygen atoms in total. The van der Waals surface area contributed by atoms with Crippen LogP contribution < -0.4 is 10.2 Å². The standard InChI is InChI=1S/C17H28ClN3/c1-13(2)10-19-11-14-9-15(18)16(20-12-14)21-7-5-17(3,4)6-8-21/h9,12-13,19H,5-8,10-11H2,1-4H3. The van der Waals surface area contributed by atoms with Crippen LogP contribution in [0.2, 0.25) is 5.02 Å². The molecule has 0 saturated carbocycles. The van der Waals surface area contributed by atoms with Crippen LogP contribution in [0.15, 0.2) is 12.3 Å². The van der Waals surface area contributed by atoms with Crippen molar-refractivity contribution in [2.24, 2.45) is 11.3 Å². The second-order valence-electron chi connectivity index (χ2n) is 7.33. The average molecular weight is 310 g/mol. The van der Waals surface area contributed by atoms with Gasteiger partial charge < -0.3 is 10.2 Å². The number of halogens is 1. The number of hydrogen-bond donors (Lipinski definition) is 1. The Balaban J connectivity index is 1.96. The van der Waals surface area contributed by atoms with Gasteiger partial charge >= 0.3 is 0 Å². The zero-order valence-electron chi connectivity index (χ0n) is 13.7. The van der Waals surface area contributed by atoms with Crippen molar-refractivity contribution in [3.05, 3.63) is 22.8 Å². The molecule has 0 aliphatic carbocycles. The molecule has 0 radical (unpaired) electrons. The molecule has 0 bridgehead atoms. The molecule has 0 unspecified atom stereocenters. The van der Waals surface area contributed by atoms with Gasteiger partial charge in [-0.15, -0.1) is 0 Å². The lowest BCUT2D eigenvalue weighted by Crippen LogP contribution is -2.37. The first-order valence-electron chi connectivity index (χ1n) is 7.97. The molecule has 1 saturated heterocycles. The van der Waals surface area contributed by atoms with E-state index >= 15 is 0 Å². The average Bonchev–Trinajstić information content (AvgIpc) is 2.39. The van der Waals surface area contributed by atoms with E-state index in [-0.39, 0.29) is 0 Å². The number of nitrogens with zero attached hydrogens (tertiary/aromatic N) is 2. The molecule has 4 heteroatoms. The molecular weight excluding hydrogens is 282 g/mol. The van der Waals surface area contributed by atoms with E-state index in [4.69, 9.17) is 11.6 Å². The van der Waals surface area contributed by atoms with Gasteiger partial charge in [0.2, 0.25) is 0 Å². The van der Waals surface area contributed by atoms with E-state index in [1.807, 2.05) is 6.20 Å². The highest BCUT2D eigenvalue weighted by molar-refractivity contribution is 6.33. The van der Waals surface area contributed by atoms with E-state index < -0.39 is 0 Å². The lowest BCUT2D eigenvalue weighted by molar-refractivity contribution is 0.279. The summed E-state index contributed by atoms with van der Waals surface area (Å²) in [6.07, 6.45) is 4.35. The van der Waals surface area contributed by atoms with Gasteiger partial charge in [-0.3, -0.25) is 0 Å². The van der Waals surface area contributed by atoms with Gasteiger partial charge in [-0.1, -0.05) is 39.3 Å². The molecule has 2 rings (SSSR count). The Hall–Kier alpha value is -0.800. The predicted octanol–water partition coefficient (Wildman–Crippen LogP) is 4.11. The van der Waals surface area contributed by atoms with Crippen molar-refractivity contribution in [2.45, 2.75) is 47.1 Å². The number of aromatic nitrogens is 1. The molecule has 0 atom stereocenters. The van der Waals surface area contributed by atoms with Gasteiger partial charge in [-0.25, -0.2) is 4.98 Å². The molecule has 0 aromatic carbocycles. The Morgan fingerprint density at radius 3 is 2.57 bits per heavy atom. The fourth-order valence-corrected chi connectivity index (χ4v) is 2.94. The van der Waals surface area contributed by atoms with E-state index in [0.29, 0.717) is 11.3 Å². The van der Waals surface area contributed by atoms with Gasteiger partial charge in [0.15, 0.2) is 0 Å². The van der Waals surface area contributed by atoms with Crippen molar-refractivity contribution in [3.8, 4) is 0 Å². The molecule has 2 heterocycles. The Labute approximate surface area is 134 Å². The summed E-state index contributed by atoms with van der Waals surface area (Å²) < 4.78 is 0. The maximum Gasteiger partial charge on any atom is 0.147 e. The molecule has 118 valence electrons. The third-order valence-corrected chi connectivity index (χ3v) is 4.45. The summed E-state index contributed by atoms with van der Waals surface area (Å²) in [4.78, 5) is 6.92. The number of anilines is 1. The number of nitrogens with one attached hydrogen (secondary N) is 1. The fourth-order valence-electron chi connectivity index (χ4n) is 2.63. The summed E-state index contributed by atoms with van der Waals surface area (Å²) >= 11 is 6.44. The van der Waals surface area contributed by atoms with Crippen molar-refractivity contribution >= 4 is 17.4 Å². The smallest absolute Gasteiger partial charge is 0.147 e. The summed E-state index contributed by atoms with van der Waals surface area (Å²) in [5, 5.41) is 4.20. The number of pyridine rings is 1. The highest BCUT2D eigenvalue weighted by atomic mass is 35.5. The summed E-state index contributed by atoms with van der Waals surface area (Å²) in [6, 6.07) is 2.05. The van der Waals surface area contributed by atoms with Gasteiger partial charge in [-0.2, -0.15) is 0 Å². The van der Waals surface area contributed by atoms with Crippen LogP contribution in [0.3, 0.4) is 0 Å². The molecule has 21 heavy (non-hydrogen) atoms. The Kier molecular flexibility index (Phi) is 5.50. The van der Waals surface area contributed by atoms with E-state index in [2.05, 4.69) is 49.0 Å². The van der Waals surface area contributed by atoms with Crippen molar-refractivity contribution in [2.75, 3.05) is 24.5 Å².